The maximum absolute atomic E-state index is 5.01. The summed E-state index contributed by atoms with van der Waals surface area (Å²) in [5.74, 6) is 0. The summed E-state index contributed by atoms with van der Waals surface area (Å²) < 4.78 is 0. The fraction of sp³-hybridized carbons (Fsp3) is 0.128. The van der Waals surface area contributed by atoms with E-state index in [2.05, 4.69) is 167 Å². The summed E-state index contributed by atoms with van der Waals surface area (Å²) in [7, 11) is 0. The molecular weight excluding hydrogens is 579 g/mol. The molecule has 1 heteroatoms. The quantitative estimate of drug-likeness (QED) is 0.177. The third-order valence-corrected chi connectivity index (χ3v) is 11.4. The lowest BCUT2D eigenvalue weighted by atomic mass is 9.80. The standard InChI is InChI=1S/C47H35N/c1-46(2)40-11-7-6-10-34(40)39-24-32-16-14-28-13-15-30(23-37(28)38(32)27-43(39)46)31-17-20-35-36-21-18-33(26-42(36)47(3,4)41(35)25-31)45-22-19-29-9-5-8-12-44(29)48-45/h5-27H,1-4H3. The van der Waals surface area contributed by atoms with Crippen molar-refractivity contribution in [2.45, 2.75) is 38.5 Å². The van der Waals surface area contributed by atoms with E-state index in [1.54, 1.807) is 0 Å². The van der Waals surface area contributed by atoms with E-state index in [1.807, 2.05) is 0 Å². The van der Waals surface area contributed by atoms with Gasteiger partial charge in [-0.1, -0.05) is 125 Å². The molecule has 0 radical (unpaired) electrons. The third kappa shape index (κ3) is 3.76. The molecule has 228 valence electrons. The van der Waals surface area contributed by atoms with Crippen LogP contribution < -0.4 is 0 Å². The number of hydrogen-bond acceptors (Lipinski definition) is 1. The monoisotopic (exact) mass is 613 g/mol. The van der Waals surface area contributed by atoms with E-state index in [0.29, 0.717) is 0 Å². The highest BCUT2D eigenvalue weighted by molar-refractivity contribution is 6.11. The average Bonchev–Trinajstić information content (AvgIpc) is 3.48. The summed E-state index contributed by atoms with van der Waals surface area (Å²) in [4.78, 5) is 5.01. The molecule has 48 heavy (non-hydrogen) atoms. The molecule has 1 aromatic heterocycles. The second kappa shape index (κ2) is 9.52. The first kappa shape index (κ1) is 27.6. The van der Waals surface area contributed by atoms with Gasteiger partial charge in [0.25, 0.3) is 0 Å². The highest BCUT2D eigenvalue weighted by Gasteiger charge is 2.37. The smallest absolute Gasteiger partial charge is 0.0709 e. The zero-order chi connectivity index (χ0) is 32.4. The van der Waals surface area contributed by atoms with Crippen LogP contribution in [0.25, 0.3) is 77.1 Å². The van der Waals surface area contributed by atoms with Crippen molar-refractivity contribution < 1.29 is 0 Å². The fourth-order valence-electron chi connectivity index (χ4n) is 8.73. The molecule has 0 aliphatic heterocycles. The second-order valence-corrected chi connectivity index (χ2v) is 14.8. The van der Waals surface area contributed by atoms with Crippen molar-refractivity contribution in [3.63, 3.8) is 0 Å². The van der Waals surface area contributed by atoms with Gasteiger partial charge in [0.1, 0.15) is 0 Å². The molecule has 0 saturated heterocycles. The van der Waals surface area contributed by atoms with E-state index >= 15 is 0 Å². The Balaban J connectivity index is 1.07. The Morgan fingerprint density at radius 3 is 1.79 bits per heavy atom. The Morgan fingerprint density at radius 2 is 0.938 bits per heavy atom. The molecule has 2 aliphatic carbocycles. The SMILES string of the molecule is CC1(C)c2cc(-c3ccc4ccc5cc6c(cc5c4c3)C(C)(C)c3ccccc3-6)ccc2-c2ccc(-c3ccc4ccccc4n3)cc21. The van der Waals surface area contributed by atoms with Crippen LogP contribution in [0.4, 0.5) is 0 Å². The Hall–Kier alpha value is -5.53. The van der Waals surface area contributed by atoms with Gasteiger partial charge in [0.2, 0.25) is 0 Å². The van der Waals surface area contributed by atoms with Crippen molar-refractivity contribution in [1.82, 2.24) is 4.98 Å². The van der Waals surface area contributed by atoms with Crippen LogP contribution >= 0.6 is 0 Å². The molecule has 1 heterocycles. The number of aromatic nitrogens is 1. The predicted molar refractivity (Wildman–Crippen MR) is 203 cm³/mol. The van der Waals surface area contributed by atoms with Gasteiger partial charge in [-0.15, -0.1) is 0 Å². The fourth-order valence-corrected chi connectivity index (χ4v) is 8.73. The van der Waals surface area contributed by atoms with E-state index in [-0.39, 0.29) is 10.8 Å². The van der Waals surface area contributed by atoms with Crippen molar-refractivity contribution >= 4 is 32.4 Å². The number of benzene rings is 7. The second-order valence-electron chi connectivity index (χ2n) is 14.8. The van der Waals surface area contributed by atoms with Gasteiger partial charge in [-0.25, -0.2) is 4.98 Å². The molecule has 2 aliphatic rings. The molecule has 7 aromatic carbocycles. The lowest BCUT2D eigenvalue weighted by Crippen LogP contribution is -2.15. The van der Waals surface area contributed by atoms with Gasteiger partial charge in [-0.3, -0.25) is 0 Å². The van der Waals surface area contributed by atoms with Crippen molar-refractivity contribution in [3.8, 4) is 44.6 Å². The maximum atomic E-state index is 5.01. The molecule has 0 N–H and O–H groups in total. The van der Waals surface area contributed by atoms with Crippen molar-refractivity contribution in [2.24, 2.45) is 0 Å². The molecule has 0 saturated carbocycles. The van der Waals surface area contributed by atoms with Crippen LogP contribution in [0.1, 0.15) is 49.9 Å². The first-order valence-corrected chi connectivity index (χ1v) is 17.0. The molecule has 1 nitrogen and oxygen atoms in total. The average molecular weight is 614 g/mol. The van der Waals surface area contributed by atoms with Gasteiger partial charge in [-0.2, -0.15) is 0 Å². The molecule has 0 bridgehead atoms. The van der Waals surface area contributed by atoms with Gasteiger partial charge in [0, 0.05) is 21.8 Å². The highest BCUT2D eigenvalue weighted by Crippen LogP contribution is 2.52. The number of para-hydroxylation sites is 1. The number of hydrogen-bond donors (Lipinski definition) is 0. The maximum Gasteiger partial charge on any atom is 0.0709 e. The van der Waals surface area contributed by atoms with Crippen LogP contribution in [0.2, 0.25) is 0 Å². The number of rotatable bonds is 2. The summed E-state index contributed by atoms with van der Waals surface area (Å²) in [6.07, 6.45) is 0. The van der Waals surface area contributed by atoms with Crippen LogP contribution in [0.3, 0.4) is 0 Å². The third-order valence-electron chi connectivity index (χ3n) is 11.4. The first-order valence-electron chi connectivity index (χ1n) is 17.0. The largest absolute Gasteiger partial charge is 0.248 e. The molecule has 0 fully saturated rings. The highest BCUT2D eigenvalue weighted by atomic mass is 14.7. The Morgan fingerprint density at radius 1 is 0.375 bits per heavy atom. The number of nitrogens with zero attached hydrogens (tertiary/aromatic N) is 1. The molecule has 0 amide bonds. The molecule has 0 unspecified atom stereocenters. The molecule has 0 atom stereocenters. The van der Waals surface area contributed by atoms with Gasteiger partial charge in [0.05, 0.1) is 11.2 Å². The summed E-state index contributed by atoms with van der Waals surface area (Å²) in [5.41, 5.74) is 16.6. The van der Waals surface area contributed by atoms with E-state index in [9.17, 15) is 0 Å². The Bertz CT molecular complexity index is 2670. The van der Waals surface area contributed by atoms with E-state index < -0.39 is 0 Å². The number of fused-ring (bicyclic) bond motifs is 10. The van der Waals surface area contributed by atoms with Crippen molar-refractivity contribution in [3.05, 3.63) is 162 Å². The summed E-state index contributed by atoms with van der Waals surface area (Å²) in [6.45, 7) is 9.47. The van der Waals surface area contributed by atoms with E-state index in [1.165, 1.54) is 88.1 Å². The number of pyridine rings is 1. The van der Waals surface area contributed by atoms with E-state index in [4.69, 9.17) is 4.98 Å². The topological polar surface area (TPSA) is 12.9 Å². The summed E-state index contributed by atoms with van der Waals surface area (Å²) >= 11 is 0. The van der Waals surface area contributed by atoms with E-state index in [0.717, 1.165) is 11.2 Å². The van der Waals surface area contributed by atoms with Gasteiger partial charge < -0.3 is 0 Å². The minimum absolute atomic E-state index is 0.0231. The molecule has 0 spiro atoms. The van der Waals surface area contributed by atoms with Crippen LogP contribution in [0, 0.1) is 0 Å². The lowest BCUT2D eigenvalue weighted by molar-refractivity contribution is 0.661. The van der Waals surface area contributed by atoms with Gasteiger partial charge in [-0.05, 0) is 120 Å². The van der Waals surface area contributed by atoms with Crippen molar-refractivity contribution in [1.29, 1.82) is 0 Å². The minimum Gasteiger partial charge on any atom is -0.248 e. The zero-order valence-electron chi connectivity index (χ0n) is 27.7. The molecule has 10 rings (SSSR count). The Labute approximate surface area is 281 Å². The first-order chi connectivity index (χ1) is 23.3. The van der Waals surface area contributed by atoms with Crippen LogP contribution in [0.5, 0.6) is 0 Å². The summed E-state index contributed by atoms with van der Waals surface area (Å²) in [6, 6.07) is 52.0. The van der Waals surface area contributed by atoms with Gasteiger partial charge in [0.15, 0.2) is 0 Å². The summed E-state index contributed by atoms with van der Waals surface area (Å²) in [5, 5.41) is 6.40. The zero-order valence-corrected chi connectivity index (χ0v) is 27.7. The predicted octanol–water partition coefficient (Wildman–Crippen LogP) is 12.5. The van der Waals surface area contributed by atoms with Crippen molar-refractivity contribution in [2.75, 3.05) is 0 Å². The van der Waals surface area contributed by atoms with Crippen LogP contribution in [-0.2, 0) is 10.8 Å². The normalized spacial score (nSPS) is 15.0. The van der Waals surface area contributed by atoms with Crippen LogP contribution in [-0.4, -0.2) is 4.98 Å². The minimum atomic E-state index is -0.127. The Kier molecular flexibility index (Phi) is 5.47. The lowest BCUT2D eigenvalue weighted by Gasteiger charge is -2.23. The van der Waals surface area contributed by atoms with Crippen LogP contribution in [0.15, 0.2) is 140 Å². The molecule has 8 aromatic rings. The molecular formula is C47H35N. The van der Waals surface area contributed by atoms with Gasteiger partial charge >= 0.3 is 0 Å².